The summed E-state index contributed by atoms with van der Waals surface area (Å²) >= 11 is 0. The van der Waals surface area contributed by atoms with Gasteiger partial charge in [-0.1, -0.05) is 0 Å². The summed E-state index contributed by atoms with van der Waals surface area (Å²) in [5.74, 6) is 0.905. The van der Waals surface area contributed by atoms with E-state index in [4.69, 9.17) is 4.74 Å². The fourth-order valence-electron chi connectivity index (χ4n) is 2.52. The summed E-state index contributed by atoms with van der Waals surface area (Å²) in [5.41, 5.74) is 0. The molecule has 1 aliphatic carbocycles. The highest BCUT2D eigenvalue weighted by molar-refractivity contribution is 4.86. The molecule has 15 heavy (non-hydrogen) atoms. The Morgan fingerprint density at radius 3 is 2.53 bits per heavy atom. The Labute approximate surface area is 93.2 Å². The Morgan fingerprint density at radius 1 is 1.27 bits per heavy atom. The first kappa shape index (κ1) is 11.4. The minimum atomic E-state index is 0.528. The number of likely N-dealkylation sites (tertiary alicyclic amines) is 1. The van der Waals surface area contributed by atoms with Gasteiger partial charge in [0.05, 0.1) is 6.10 Å². The van der Waals surface area contributed by atoms with Crippen LogP contribution < -0.4 is 5.32 Å². The maximum Gasteiger partial charge on any atom is 0.0601 e. The van der Waals surface area contributed by atoms with E-state index >= 15 is 0 Å². The van der Waals surface area contributed by atoms with Gasteiger partial charge in [0.15, 0.2) is 0 Å². The van der Waals surface area contributed by atoms with Crippen LogP contribution in [0, 0.1) is 5.92 Å². The van der Waals surface area contributed by atoms with E-state index in [-0.39, 0.29) is 0 Å². The minimum absolute atomic E-state index is 0.528. The normalized spacial score (nSPS) is 34.0. The molecule has 0 unspecified atom stereocenters. The molecule has 0 atom stereocenters. The maximum absolute atomic E-state index is 5.28. The second kappa shape index (κ2) is 5.28. The molecule has 1 N–H and O–H groups in total. The molecule has 0 radical (unpaired) electrons. The van der Waals surface area contributed by atoms with Crippen LogP contribution in [0.3, 0.4) is 0 Å². The standard InChI is InChI=1S/C12H24N2O/c1-14-5-3-10(4-6-14)9-13-11-7-12(8-11)15-2/h10-13H,3-9H2,1-2H3. The lowest BCUT2D eigenvalue weighted by Gasteiger charge is -2.37. The van der Waals surface area contributed by atoms with E-state index in [1.165, 1.54) is 45.3 Å². The van der Waals surface area contributed by atoms with Crippen molar-refractivity contribution in [3.63, 3.8) is 0 Å². The van der Waals surface area contributed by atoms with Gasteiger partial charge in [-0.05, 0) is 58.3 Å². The van der Waals surface area contributed by atoms with Crippen LogP contribution in [0.25, 0.3) is 0 Å². The van der Waals surface area contributed by atoms with E-state index in [1.54, 1.807) is 0 Å². The van der Waals surface area contributed by atoms with Gasteiger partial charge in [0.25, 0.3) is 0 Å². The van der Waals surface area contributed by atoms with Crippen molar-refractivity contribution in [3.05, 3.63) is 0 Å². The van der Waals surface area contributed by atoms with Gasteiger partial charge in [0, 0.05) is 13.2 Å². The molecule has 0 bridgehead atoms. The van der Waals surface area contributed by atoms with Gasteiger partial charge < -0.3 is 15.0 Å². The molecule has 3 nitrogen and oxygen atoms in total. The zero-order valence-corrected chi connectivity index (χ0v) is 10.0. The molecule has 1 aliphatic heterocycles. The highest BCUT2D eigenvalue weighted by atomic mass is 16.5. The molecular formula is C12H24N2O. The number of rotatable bonds is 4. The third kappa shape index (κ3) is 3.16. The number of piperidine rings is 1. The van der Waals surface area contributed by atoms with Crippen molar-refractivity contribution in [2.75, 3.05) is 33.8 Å². The van der Waals surface area contributed by atoms with Crippen LogP contribution in [0.1, 0.15) is 25.7 Å². The van der Waals surface area contributed by atoms with E-state index in [2.05, 4.69) is 17.3 Å². The summed E-state index contributed by atoms with van der Waals surface area (Å²) in [6.45, 7) is 3.77. The van der Waals surface area contributed by atoms with Gasteiger partial charge in [0.2, 0.25) is 0 Å². The summed E-state index contributed by atoms with van der Waals surface area (Å²) in [4.78, 5) is 2.43. The third-order valence-corrected chi connectivity index (χ3v) is 3.96. The number of nitrogens with zero attached hydrogens (tertiary/aromatic N) is 1. The van der Waals surface area contributed by atoms with Crippen molar-refractivity contribution in [2.24, 2.45) is 5.92 Å². The number of hydrogen-bond acceptors (Lipinski definition) is 3. The monoisotopic (exact) mass is 212 g/mol. The molecule has 1 heterocycles. The zero-order chi connectivity index (χ0) is 10.7. The molecule has 0 amide bonds. The van der Waals surface area contributed by atoms with E-state index < -0.39 is 0 Å². The Bertz CT molecular complexity index is 184. The summed E-state index contributed by atoms with van der Waals surface area (Å²) in [7, 11) is 4.04. The van der Waals surface area contributed by atoms with Crippen LogP contribution in [0.2, 0.25) is 0 Å². The Balaban J connectivity index is 1.55. The summed E-state index contributed by atoms with van der Waals surface area (Å²) < 4.78 is 5.28. The molecule has 2 aliphatic rings. The van der Waals surface area contributed by atoms with Crippen LogP contribution in [-0.4, -0.2) is 50.8 Å². The van der Waals surface area contributed by atoms with Crippen molar-refractivity contribution in [1.29, 1.82) is 0 Å². The topological polar surface area (TPSA) is 24.5 Å². The molecule has 88 valence electrons. The van der Waals surface area contributed by atoms with Gasteiger partial charge in [-0.25, -0.2) is 0 Å². The number of nitrogens with one attached hydrogen (secondary N) is 1. The van der Waals surface area contributed by atoms with Crippen molar-refractivity contribution < 1.29 is 4.74 Å². The highest BCUT2D eigenvalue weighted by Gasteiger charge is 2.29. The average Bonchev–Trinajstić information content (AvgIpc) is 2.19. The molecule has 2 rings (SSSR count). The quantitative estimate of drug-likeness (QED) is 0.755. The Hall–Kier alpha value is -0.120. The van der Waals surface area contributed by atoms with Crippen LogP contribution in [0.4, 0.5) is 0 Å². The molecular weight excluding hydrogens is 188 g/mol. The van der Waals surface area contributed by atoms with E-state index in [9.17, 15) is 0 Å². The minimum Gasteiger partial charge on any atom is -0.381 e. The fraction of sp³-hybridized carbons (Fsp3) is 1.00. The molecule has 0 aromatic rings. The molecule has 1 saturated heterocycles. The SMILES string of the molecule is COC1CC(NCC2CCN(C)CC2)C1. The van der Waals surface area contributed by atoms with Crippen molar-refractivity contribution >= 4 is 0 Å². The summed E-state index contributed by atoms with van der Waals surface area (Å²) in [6.07, 6.45) is 5.68. The summed E-state index contributed by atoms with van der Waals surface area (Å²) in [6, 6.07) is 0.731. The van der Waals surface area contributed by atoms with Gasteiger partial charge in [-0.15, -0.1) is 0 Å². The van der Waals surface area contributed by atoms with Crippen molar-refractivity contribution in [1.82, 2.24) is 10.2 Å². The molecule has 0 aromatic heterocycles. The predicted molar refractivity (Wildman–Crippen MR) is 62.0 cm³/mol. The second-order valence-electron chi connectivity index (χ2n) is 5.18. The van der Waals surface area contributed by atoms with Crippen molar-refractivity contribution in [3.8, 4) is 0 Å². The van der Waals surface area contributed by atoms with Crippen LogP contribution in [0.5, 0.6) is 0 Å². The van der Waals surface area contributed by atoms with Gasteiger partial charge in [0.1, 0.15) is 0 Å². The average molecular weight is 212 g/mol. The zero-order valence-electron chi connectivity index (χ0n) is 10.0. The third-order valence-electron chi connectivity index (χ3n) is 3.96. The lowest BCUT2D eigenvalue weighted by Crippen LogP contribution is -2.47. The lowest BCUT2D eigenvalue weighted by molar-refractivity contribution is 0.0157. The second-order valence-corrected chi connectivity index (χ2v) is 5.18. The highest BCUT2D eigenvalue weighted by Crippen LogP contribution is 2.23. The van der Waals surface area contributed by atoms with Crippen LogP contribution >= 0.6 is 0 Å². The first-order valence-electron chi connectivity index (χ1n) is 6.22. The van der Waals surface area contributed by atoms with Crippen LogP contribution in [0.15, 0.2) is 0 Å². The maximum atomic E-state index is 5.28. The molecule has 0 spiro atoms. The van der Waals surface area contributed by atoms with Gasteiger partial charge >= 0.3 is 0 Å². The molecule has 0 aromatic carbocycles. The largest absolute Gasteiger partial charge is 0.381 e. The van der Waals surface area contributed by atoms with Crippen molar-refractivity contribution in [2.45, 2.75) is 37.8 Å². The summed E-state index contributed by atoms with van der Waals surface area (Å²) in [5, 5.41) is 3.67. The van der Waals surface area contributed by atoms with E-state index in [0.717, 1.165) is 12.0 Å². The van der Waals surface area contributed by atoms with Gasteiger partial charge in [-0.2, -0.15) is 0 Å². The first-order valence-corrected chi connectivity index (χ1v) is 6.22. The molecule has 1 saturated carbocycles. The first-order chi connectivity index (χ1) is 7.28. The number of hydrogen-bond donors (Lipinski definition) is 1. The fourth-order valence-corrected chi connectivity index (χ4v) is 2.52. The molecule has 3 heteroatoms. The number of ether oxygens (including phenoxy) is 1. The van der Waals surface area contributed by atoms with E-state index in [1.807, 2.05) is 7.11 Å². The smallest absolute Gasteiger partial charge is 0.0601 e. The van der Waals surface area contributed by atoms with Crippen LogP contribution in [-0.2, 0) is 4.74 Å². The lowest BCUT2D eigenvalue weighted by atomic mass is 9.88. The van der Waals surface area contributed by atoms with E-state index in [0.29, 0.717) is 6.10 Å². The Kier molecular flexibility index (Phi) is 4.00. The molecule has 2 fully saturated rings. The number of methoxy groups -OCH3 is 1. The van der Waals surface area contributed by atoms with Gasteiger partial charge in [-0.3, -0.25) is 0 Å². The predicted octanol–water partition coefficient (Wildman–Crippen LogP) is 1.10. The Morgan fingerprint density at radius 2 is 1.93 bits per heavy atom.